The maximum Gasteiger partial charge on any atom is 0.246 e. The van der Waals surface area contributed by atoms with Gasteiger partial charge in [-0.1, -0.05) is 13.8 Å². The molecule has 0 saturated carbocycles. The number of nitrogens with two attached hydrogens (primary N) is 5. The Bertz CT molecular complexity index is 2380. The summed E-state index contributed by atoms with van der Waals surface area (Å²) in [6, 6.07) is -15.1. The minimum atomic E-state index is -1.64. The summed E-state index contributed by atoms with van der Waals surface area (Å²) in [6.45, 7) is 5.05. The monoisotopic (exact) mass is 1170 g/mol. The second-order valence-electron chi connectivity index (χ2n) is 19.6. The number of H-pyrrole nitrogens is 1. The van der Waals surface area contributed by atoms with Crippen molar-refractivity contribution < 1.29 is 72.2 Å². The molecular weight excluding hydrogens is 1090 g/mol. The Labute approximate surface area is 472 Å². The summed E-state index contributed by atoms with van der Waals surface area (Å²) in [6.07, 6.45) is 3.04. The van der Waals surface area contributed by atoms with Crippen molar-refractivity contribution in [1.82, 2.24) is 62.7 Å². The number of thiol groups is 1. The van der Waals surface area contributed by atoms with Crippen molar-refractivity contribution in [1.29, 1.82) is 0 Å². The van der Waals surface area contributed by atoms with Gasteiger partial charge in [-0.05, 0) is 71.3 Å². The summed E-state index contributed by atoms with van der Waals surface area (Å²) >= 11 is 4.17. The zero-order chi connectivity index (χ0) is 61.1. The summed E-state index contributed by atoms with van der Waals surface area (Å²) in [7, 11) is 0. The van der Waals surface area contributed by atoms with E-state index in [1.807, 2.05) is 0 Å². The van der Waals surface area contributed by atoms with Gasteiger partial charge in [0.25, 0.3) is 0 Å². The lowest BCUT2D eigenvalue weighted by atomic mass is 10.0. The number of imidazole rings is 1. The number of primary amides is 3. The van der Waals surface area contributed by atoms with Crippen molar-refractivity contribution in [3.63, 3.8) is 0 Å². The molecule has 11 atom stereocenters. The molecule has 2 rings (SSSR count). The molecule has 0 bridgehead atoms. The number of carbonyl (C=O) groups is 14. The summed E-state index contributed by atoms with van der Waals surface area (Å²) in [4.78, 5) is 189. The van der Waals surface area contributed by atoms with Crippen LogP contribution in [0.5, 0.6) is 0 Å². The Morgan fingerprint density at radius 1 is 0.691 bits per heavy atom. The predicted octanol–water partition coefficient (Wildman–Crippen LogP) is -8.01. The largest absolute Gasteiger partial charge is 0.394 e. The van der Waals surface area contributed by atoms with Crippen molar-refractivity contribution in [2.75, 3.05) is 25.4 Å². The molecule has 1 fully saturated rings. The van der Waals surface area contributed by atoms with Crippen LogP contribution in [0, 0.1) is 5.92 Å². The number of aliphatic hydroxyl groups is 1. The van der Waals surface area contributed by atoms with Crippen LogP contribution < -0.4 is 76.5 Å². The second-order valence-corrected chi connectivity index (χ2v) is 20.0. The van der Waals surface area contributed by atoms with Crippen LogP contribution in [0.15, 0.2) is 12.5 Å². The lowest BCUT2D eigenvalue weighted by Gasteiger charge is -2.30. The van der Waals surface area contributed by atoms with Crippen LogP contribution in [-0.4, -0.2) is 195 Å². The maximum absolute atomic E-state index is 14.0. The first-order valence-corrected chi connectivity index (χ1v) is 26.8. The number of carbonyl (C=O) groups excluding carboxylic acids is 14. The third kappa shape index (κ3) is 23.5. The van der Waals surface area contributed by atoms with Crippen molar-refractivity contribution >= 4 is 95.7 Å². The van der Waals surface area contributed by atoms with E-state index in [1.165, 1.54) is 26.4 Å². The van der Waals surface area contributed by atoms with Crippen LogP contribution >= 0.6 is 12.6 Å². The highest BCUT2D eigenvalue weighted by Gasteiger charge is 2.41. The average Bonchev–Trinajstić information content (AvgIpc) is 4.19. The third-order valence-electron chi connectivity index (χ3n) is 12.7. The number of aldehydes is 1. The molecule has 1 aromatic rings. The van der Waals surface area contributed by atoms with E-state index in [0.29, 0.717) is 31.2 Å². The quantitative estimate of drug-likeness (QED) is 0.0167. The summed E-state index contributed by atoms with van der Waals surface area (Å²) in [5, 5.41) is 31.8. The molecule has 0 aliphatic carbocycles. The van der Waals surface area contributed by atoms with Gasteiger partial charge in [-0.25, -0.2) is 4.98 Å². The van der Waals surface area contributed by atoms with Gasteiger partial charge >= 0.3 is 0 Å². The van der Waals surface area contributed by atoms with Gasteiger partial charge in [-0.15, -0.1) is 0 Å². The van der Waals surface area contributed by atoms with Crippen LogP contribution in [0.25, 0.3) is 0 Å². The molecule has 2 heterocycles. The molecule has 81 heavy (non-hydrogen) atoms. The number of aromatic amines is 1. The molecule has 13 amide bonds. The molecule has 1 saturated heterocycles. The minimum Gasteiger partial charge on any atom is -0.394 e. The second kappa shape index (κ2) is 35.1. The van der Waals surface area contributed by atoms with Crippen LogP contribution in [-0.2, 0) is 73.5 Å². The van der Waals surface area contributed by atoms with Gasteiger partial charge < -0.3 is 96.3 Å². The Morgan fingerprint density at radius 2 is 1.26 bits per heavy atom. The standard InChI is InChI=1S/C48H79N17O15S/c1-23(2)37(64-42(74)29(10-5-6-14-49)59-46(78)34-11-7-15-65(34)48(80)31(18-36(52)69)61-41(73)27(50)9-8-16-66)47(79)57-25(4)39(71)60-30(17-26-19-54-22-55-26)43(75)63-33(21-81)45(77)56-24(3)40(72)62-32(20-67)44(76)58-28(38(53)70)12-13-35(51)68/h16,19,22-25,27-34,37,67,81H,5-15,17-18,20-21,49-50H2,1-4H3,(H2,51,68)(H2,52,69)(H2,53,70)(H,54,55)(H,56,77)(H,57,79)(H,58,76)(H,59,78)(H,60,71)(H,61,73)(H,62,72)(H,63,75)(H,64,74). The molecule has 32 nitrogen and oxygen atoms in total. The number of nitrogens with zero attached hydrogens (tertiary/aromatic N) is 2. The molecule has 1 aliphatic rings. The van der Waals surface area contributed by atoms with E-state index in [0.717, 1.165) is 4.90 Å². The van der Waals surface area contributed by atoms with Crippen molar-refractivity contribution in [2.24, 2.45) is 34.6 Å². The Kier molecular flexibility index (Phi) is 30.0. The van der Waals surface area contributed by atoms with E-state index in [-0.39, 0.29) is 63.8 Å². The zero-order valence-corrected chi connectivity index (χ0v) is 46.6. The fourth-order valence-electron chi connectivity index (χ4n) is 8.05. The van der Waals surface area contributed by atoms with Gasteiger partial charge in [0.2, 0.25) is 76.8 Å². The van der Waals surface area contributed by atoms with E-state index < -0.39 is 162 Å². The van der Waals surface area contributed by atoms with E-state index in [1.54, 1.807) is 13.8 Å². The van der Waals surface area contributed by atoms with E-state index >= 15 is 0 Å². The highest BCUT2D eigenvalue weighted by molar-refractivity contribution is 7.80. The number of hydrogen-bond acceptors (Lipinski definition) is 19. The molecule has 21 N–H and O–H groups in total. The zero-order valence-electron chi connectivity index (χ0n) is 45.7. The lowest BCUT2D eigenvalue weighted by Crippen LogP contribution is -2.61. The number of likely N-dealkylation sites (tertiary alicyclic amines) is 1. The Morgan fingerprint density at radius 3 is 1.80 bits per heavy atom. The summed E-state index contributed by atoms with van der Waals surface area (Å²) < 4.78 is 0. The van der Waals surface area contributed by atoms with E-state index in [4.69, 9.17) is 28.7 Å². The summed E-state index contributed by atoms with van der Waals surface area (Å²) in [5.74, 6) is -12.5. The van der Waals surface area contributed by atoms with Crippen LogP contribution in [0.2, 0.25) is 0 Å². The molecule has 1 aromatic heterocycles. The smallest absolute Gasteiger partial charge is 0.246 e. The number of amides is 13. The third-order valence-corrected chi connectivity index (χ3v) is 13.1. The van der Waals surface area contributed by atoms with Gasteiger partial charge in [0.1, 0.15) is 66.7 Å². The minimum absolute atomic E-state index is 0.0362. The fraction of sp³-hybridized carbons (Fsp3) is 0.646. The average molecular weight is 1170 g/mol. The van der Waals surface area contributed by atoms with Crippen LogP contribution in [0.1, 0.15) is 97.6 Å². The Hall–Kier alpha value is -7.78. The molecule has 1 aliphatic heterocycles. The number of unbranched alkanes of at least 4 members (excludes halogenated alkanes) is 1. The first-order valence-electron chi connectivity index (χ1n) is 26.2. The van der Waals surface area contributed by atoms with Gasteiger partial charge in [0.05, 0.1) is 25.4 Å². The Balaban J connectivity index is 2.21. The first-order chi connectivity index (χ1) is 38.2. The van der Waals surface area contributed by atoms with Crippen LogP contribution in [0.3, 0.4) is 0 Å². The molecule has 452 valence electrons. The first kappa shape index (κ1) is 69.3. The summed E-state index contributed by atoms with van der Waals surface area (Å²) in [5.41, 5.74) is 27.7. The van der Waals surface area contributed by atoms with Crippen molar-refractivity contribution in [2.45, 2.75) is 165 Å². The molecule has 33 heteroatoms. The van der Waals surface area contributed by atoms with E-state index in [9.17, 15) is 72.2 Å². The number of aromatic nitrogens is 2. The number of nitrogens with one attached hydrogen (secondary N) is 10. The number of aliphatic hydroxyl groups excluding tert-OH is 1. The topological polar surface area (TPSA) is 529 Å². The molecule has 11 unspecified atom stereocenters. The predicted molar refractivity (Wildman–Crippen MR) is 289 cm³/mol. The van der Waals surface area contributed by atoms with Gasteiger partial charge in [0, 0.05) is 43.5 Å². The molecule has 0 radical (unpaired) electrons. The molecule has 0 spiro atoms. The van der Waals surface area contributed by atoms with Crippen LogP contribution in [0.4, 0.5) is 0 Å². The van der Waals surface area contributed by atoms with Crippen molar-refractivity contribution in [3.05, 3.63) is 18.2 Å². The highest BCUT2D eigenvalue weighted by Crippen LogP contribution is 2.20. The number of rotatable bonds is 37. The lowest BCUT2D eigenvalue weighted by molar-refractivity contribution is -0.143. The van der Waals surface area contributed by atoms with E-state index in [2.05, 4.69) is 70.4 Å². The normalized spacial score (nSPS) is 16.7. The fourth-order valence-corrected chi connectivity index (χ4v) is 8.31. The van der Waals surface area contributed by atoms with Gasteiger partial charge in [0.15, 0.2) is 0 Å². The van der Waals surface area contributed by atoms with Gasteiger partial charge in [-0.2, -0.15) is 12.6 Å². The molecule has 0 aromatic carbocycles. The number of hydrogen-bond donors (Lipinski definition) is 17. The highest BCUT2D eigenvalue weighted by atomic mass is 32.1. The SMILES string of the molecule is CC(NC(=O)C(CS)NC(=O)C(Cc1cnc[nH]1)NC(=O)C(C)NC(=O)C(NC(=O)C(CCCCN)NC(=O)C1CCCN1C(=O)C(CC(N)=O)NC(=O)C(N)CCC=O)C(C)C)C(=O)NC(CO)C(=O)NC(CCC(N)=O)C(N)=O. The molecular formula is C48H79N17O15S. The van der Waals surface area contributed by atoms with Gasteiger partial charge in [-0.3, -0.25) is 62.3 Å². The maximum atomic E-state index is 14.0. The van der Waals surface area contributed by atoms with Crippen molar-refractivity contribution in [3.8, 4) is 0 Å².